The number of amides is 1. The largest absolute Gasteiger partial charge is 0.367 e. The van der Waals surface area contributed by atoms with Crippen molar-refractivity contribution in [1.29, 1.82) is 0 Å². The van der Waals surface area contributed by atoms with Gasteiger partial charge in [0.2, 0.25) is 0 Å². The van der Waals surface area contributed by atoms with Crippen LogP contribution in [0.15, 0.2) is 42.7 Å². The molecule has 0 aliphatic heterocycles. The predicted molar refractivity (Wildman–Crippen MR) is 83.3 cm³/mol. The molecular formula is C16H20N4O. The molecule has 0 aliphatic carbocycles. The van der Waals surface area contributed by atoms with E-state index in [1.54, 1.807) is 6.20 Å². The van der Waals surface area contributed by atoms with Crippen molar-refractivity contribution in [2.24, 2.45) is 0 Å². The molecule has 0 spiro atoms. The monoisotopic (exact) mass is 284 g/mol. The van der Waals surface area contributed by atoms with Gasteiger partial charge in [-0.25, -0.2) is 9.97 Å². The molecule has 2 aromatic rings. The van der Waals surface area contributed by atoms with Crippen LogP contribution in [0.1, 0.15) is 29.9 Å². The number of carbonyl (C=O) groups excluding carboxylic acids is 1. The maximum absolute atomic E-state index is 11.9. The van der Waals surface area contributed by atoms with Crippen molar-refractivity contribution in [2.75, 3.05) is 11.9 Å². The van der Waals surface area contributed by atoms with Gasteiger partial charge in [0.05, 0.1) is 12.4 Å². The Bertz CT molecular complexity index is 567. The van der Waals surface area contributed by atoms with Crippen LogP contribution in [0.4, 0.5) is 5.82 Å². The highest BCUT2D eigenvalue weighted by atomic mass is 16.1. The molecule has 1 aromatic heterocycles. The van der Waals surface area contributed by atoms with Crippen molar-refractivity contribution in [3.05, 3.63) is 54.0 Å². The summed E-state index contributed by atoms with van der Waals surface area (Å²) >= 11 is 0. The van der Waals surface area contributed by atoms with Gasteiger partial charge in [-0.05, 0) is 25.8 Å². The van der Waals surface area contributed by atoms with E-state index in [0.717, 1.165) is 6.42 Å². The van der Waals surface area contributed by atoms with Crippen molar-refractivity contribution in [3.8, 4) is 0 Å². The maximum Gasteiger partial charge on any atom is 0.271 e. The number of nitrogens with zero attached hydrogens (tertiary/aromatic N) is 2. The van der Waals surface area contributed by atoms with Crippen LogP contribution in [0.5, 0.6) is 0 Å². The third-order valence-electron chi connectivity index (χ3n) is 2.86. The lowest BCUT2D eigenvalue weighted by Crippen LogP contribution is -2.26. The van der Waals surface area contributed by atoms with Crippen LogP contribution >= 0.6 is 0 Å². The lowest BCUT2D eigenvalue weighted by Gasteiger charge is -2.09. The molecule has 1 amide bonds. The van der Waals surface area contributed by atoms with Gasteiger partial charge in [-0.3, -0.25) is 4.79 Å². The highest BCUT2D eigenvalue weighted by Gasteiger charge is 2.07. The number of benzene rings is 1. The van der Waals surface area contributed by atoms with Crippen LogP contribution in [0.2, 0.25) is 0 Å². The Morgan fingerprint density at radius 3 is 2.52 bits per heavy atom. The van der Waals surface area contributed by atoms with Crippen LogP contribution in [0.25, 0.3) is 0 Å². The fourth-order valence-corrected chi connectivity index (χ4v) is 1.87. The number of hydrogen-bond acceptors (Lipinski definition) is 4. The maximum atomic E-state index is 11.9. The normalized spacial score (nSPS) is 10.4. The third kappa shape index (κ3) is 4.87. The van der Waals surface area contributed by atoms with Crippen LogP contribution in [0.3, 0.4) is 0 Å². The summed E-state index contributed by atoms with van der Waals surface area (Å²) in [5.41, 5.74) is 1.53. The fourth-order valence-electron chi connectivity index (χ4n) is 1.87. The molecule has 0 saturated carbocycles. The van der Waals surface area contributed by atoms with E-state index in [1.807, 2.05) is 44.2 Å². The number of nitrogens with one attached hydrogen (secondary N) is 2. The molecule has 1 heterocycles. The molecule has 21 heavy (non-hydrogen) atoms. The van der Waals surface area contributed by atoms with Gasteiger partial charge in [0.25, 0.3) is 5.91 Å². The Hall–Kier alpha value is -2.43. The van der Waals surface area contributed by atoms with Crippen LogP contribution < -0.4 is 10.6 Å². The van der Waals surface area contributed by atoms with Crippen molar-refractivity contribution < 1.29 is 4.79 Å². The molecular weight excluding hydrogens is 264 g/mol. The van der Waals surface area contributed by atoms with Crippen LogP contribution in [-0.2, 0) is 6.42 Å². The standard InChI is InChI=1S/C16H20N4O/c1-12(2)20-15-11-18-14(10-19-15)16(21)17-9-8-13-6-4-3-5-7-13/h3-7,10-12H,8-9H2,1-2H3,(H,17,21)(H,19,20). The molecule has 110 valence electrons. The van der Waals surface area contributed by atoms with Crippen molar-refractivity contribution in [1.82, 2.24) is 15.3 Å². The second kappa shape index (κ2) is 7.38. The van der Waals surface area contributed by atoms with Crippen LogP contribution in [0, 0.1) is 0 Å². The first kappa shape index (κ1) is 15.0. The Morgan fingerprint density at radius 1 is 1.14 bits per heavy atom. The topological polar surface area (TPSA) is 66.9 Å². The zero-order valence-electron chi connectivity index (χ0n) is 12.3. The molecule has 5 heteroatoms. The zero-order chi connectivity index (χ0) is 15.1. The van der Waals surface area contributed by atoms with Gasteiger partial charge in [0, 0.05) is 12.6 Å². The summed E-state index contributed by atoms with van der Waals surface area (Å²) in [5.74, 6) is 0.473. The summed E-state index contributed by atoms with van der Waals surface area (Å²) in [5, 5.41) is 5.98. The Labute approximate surface area is 124 Å². The summed E-state index contributed by atoms with van der Waals surface area (Å²) in [6.45, 7) is 4.62. The molecule has 0 saturated heterocycles. The minimum absolute atomic E-state index is 0.200. The number of carbonyl (C=O) groups is 1. The first-order chi connectivity index (χ1) is 10.1. The number of rotatable bonds is 6. The second-order valence-corrected chi connectivity index (χ2v) is 5.08. The van der Waals surface area contributed by atoms with Gasteiger partial charge in [0.1, 0.15) is 11.5 Å². The van der Waals surface area contributed by atoms with Crippen molar-refractivity contribution in [3.63, 3.8) is 0 Å². The highest BCUT2D eigenvalue weighted by molar-refractivity contribution is 5.91. The Kier molecular flexibility index (Phi) is 5.26. The van der Waals surface area contributed by atoms with Gasteiger partial charge in [0.15, 0.2) is 0 Å². The Balaban J connectivity index is 1.83. The molecule has 0 atom stereocenters. The first-order valence-corrected chi connectivity index (χ1v) is 7.06. The minimum Gasteiger partial charge on any atom is -0.367 e. The second-order valence-electron chi connectivity index (χ2n) is 5.08. The number of aromatic nitrogens is 2. The van der Waals surface area contributed by atoms with Crippen molar-refractivity contribution in [2.45, 2.75) is 26.3 Å². The smallest absolute Gasteiger partial charge is 0.271 e. The fraction of sp³-hybridized carbons (Fsp3) is 0.312. The number of anilines is 1. The van der Waals surface area contributed by atoms with Crippen LogP contribution in [-0.4, -0.2) is 28.5 Å². The average molecular weight is 284 g/mol. The first-order valence-electron chi connectivity index (χ1n) is 7.06. The van der Waals surface area contributed by atoms with E-state index < -0.39 is 0 Å². The van der Waals surface area contributed by atoms with E-state index in [9.17, 15) is 4.79 Å². The SMILES string of the molecule is CC(C)Nc1cnc(C(=O)NCCc2ccccc2)cn1. The minimum atomic E-state index is -0.200. The molecule has 1 aromatic carbocycles. The highest BCUT2D eigenvalue weighted by Crippen LogP contribution is 2.03. The van der Waals surface area contributed by atoms with E-state index in [0.29, 0.717) is 18.1 Å². The lowest BCUT2D eigenvalue weighted by molar-refractivity contribution is 0.0949. The predicted octanol–water partition coefficient (Wildman–Crippen LogP) is 2.27. The van der Waals surface area contributed by atoms with E-state index in [2.05, 4.69) is 20.6 Å². The summed E-state index contributed by atoms with van der Waals surface area (Å²) in [4.78, 5) is 20.2. The Morgan fingerprint density at radius 2 is 1.90 bits per heavy atom. The molecule has 0 unspecified atom stereocenters. The average Bonchev–Trinajstić information content (AvgIpc) is 2.48. The van der Waals surface area contributed by atoms with E-state index >= 15 is 0 Å². The zero-order valence-corrected chi connectivity index (χ0v) is 12.3. The molecule has 0 aliphatic rings. The summed E-state index contributed by atoms with van der Waals surface area (Å²) in [7, 11) is 0. The number of hydrogen-bond donors (Lipinski definition) is 2. The third-order valence-corrected chi connectivity index (χ3v) is 2.86. The van der Waals surface area contributed by atoms with Gasteiger partial charge >= 0.3 is 0 Å². The molecule has 0 fully saturated rings. The van der Waals surface area contributed by atoms with Gasteiger partial charge in [-0.15, -0.1) is 0 Å². The summed E-state index contributed by atoms with van der Waals surface area (Å²) in [6, 6.07) is 10.3. The molecule has 2 N–H and O–H groups in total. The molecule has 0 radical (unpaired) electrons. The van der Waals surface area contributed by atoms with E-state index in [1.165, 1.54) is 11.8 Å². The van der Waals surface area contributed by atoms with Gasteiger partial charge in [-0.1, -0.05) is 30.3 Å². The quantitative estimate of drug-likeness (QED) is 0.854. The van der Waals surface area contributed by atoms with E-state index in [4.69, 9.17) is 0 Å². The summed E-state index contributed by atoms with van der Waals surface area (Å²) < 4.78 is 0. The molecule has 2 rings (SSSR count). The summed E-state index contributed by atoms with van der Waals surface area (Å²) in [6.07, 6.45) is 3.86. The molecule has 5 nitrogen and oxygen atoms in total. The van der Waals surface area contributed by atoms with Gasteiger partial charge < -0.3 is 10.6 Å². The van der Waals surface area contributed by atoms with E-state index in [-0.39, 0.29) is 11.9 Å². The van der Waals surface area contributed by atoms with Crippen molar-refractivity contribution >= 4 is 11.7 Å². The van der Waals surface area contributed by atoms with Gasteiger partial charge in [-0.2, -0.15) is 0 Å². The molecule has 0 bridgehead atoms. The lowest BCUT2D eigenvalue weighted by atomic mass is 10.1.